The van der Waals surface area contributed by atoms with Crippen LogP contribution in [0.2, 0.25) is 0 Å². The Labute approximate surface area is 108 Å². The van der Waals surface area contributed by atoms with Crippen molar-refractivity contribution in [3.05, 3.63) is 24.2 Å². The van der Waals surface area contributed by atoms with E-state index < -0.39 is 0 Å². The molecule has 0 radical (unpaired) electrons. The minimum atomic E-state index is -0.269. The number of carbonyl (C=O) groups excluding carboxylic acids is 1. The van der Waals surface area contributed by atoms with E-state index in [-0.39, 0.29) is 10.8 Å². The average molecular weight is 244 g/mol. The van der Waals surface area contributed by atoms with Crippen LogP contribution in [-0.4, -0.2) is 5.78 Å². The third kappa shape index (κ3) is 0.837. The molecule has 3 aliphatic rings. The quantitative estimate of drug-likeness (QED) is 0.756. The Hall–Kier alpha value is -1.05. The number of Topliss-reactive ketones (excluding diaryl/α,β-unsaturated/α-hetero) is 1. The van der Waals surface area contributed by atoms with Gasteiger partial charge in [-0.15, -0.1) is 0 Å². The first-order valence-corrected chi connectivity index (χ1v) is 7.03. The summed E-state index contributed by atoms with van der Waals surface area (Å²) in [7, 11) is 0. The zero-order chi connectivity index (χ0) is 12.8. The van der Waals surface area contributed by atoms with Crippen LogP contribution in [0.4, 0.5) is 0 Å². The molecular weight excluding hydrogens is 224 g/mol. The van der Waals surface area contributed by atoms with E-state index in [2.05, 4.69) is 20.8 Å². The lowest BCUT2D eigenvalue weighted by Gasteiger charge is -2.41. The fourth-order valence-electron chi connectivity index (χ4n) is 5.68. The molecule has 0 spiro atoms. The first-order chi connectivity index (χ1) is 8.45. The summed E-state index contributed by atoms with van der Waals surface area (Å²) in [5.41, 5.74) is 0.185. The van der Waals surface area contributed by atoms with Gasteiger partial charge in [-0.3, -0.25) is 4.79 Å². The van der Waals surface area contributed by atoms with Crippen LogP contribution < -0.4 is 0 Å². The smallest absolute Gasteiger partial charge is 0.147 e. The number of hydrogen-bond acceptors (Lipinski definition) is 2. The van der Waals surface area contributed by atoms with Crippen LogP contribution in [0.1, 0.15) is 45.8 Å². The van der Waals surface area contributed by atoms with Crippen LogP contribution in [0.15, 0.2) is 22.8 Å². The summed E-state index contributed by atoms with van der Waals surface area (Å²) < 4.78 is 5.65. The van der Waals surface area contributed by atoms with Crippen LogP contribution in [0, 0.1) is 22.7 Å². The molecule has 4 unspecified atom stereocenters. The summed E-state index contributed by atoms with van der Waals surface area (Å²) in [5, 5.41) is 0. The molecule has 0 saturated heterocycles. The van der Waals surface area contributed by atoms with E-state index in [9.17, 15) is 4.79 Å². The van der Waals surface area contributed by atoms with Gasteiger partial charge < -0.3 is 4.42 Å². The van der Waals surface area contributed by atoms with Crippen LogP contribution >= 0.6 is 0 Å². The van der Waals surface area contributed by atoms with Gasteiger partial charge in [0.1, 0.15) is 11.5 Å². The molecule has 0 amide bonds. The molecule has 3 aliphatic carbocycles. The first-order valence-electron chi connectivity index (χ1n) is 7.03. The van der Waals surface area contributed by atoms with Gasteiger partial charge in [0.15, 0.2) is 0 Å². The van der Waals surface area contributed by atoms with Crippen LogP contribution in [-0.2, 0) is 10.2 Å². The molecule has 3 fully saturated rings. The van der Waals surface area contributed by atoms with E-state index in [1.807, 2.05) is 12.1 Å². The van der Waals surface area contributed by atoms with E-state index in [1.54, 1.807) is 6.26 Å². The van der Waals surface area contributed by atoms with Gasteiger partial charge in [-0.2, -0.15) is 0 Å². The average Bonchev–Trinajstić information content (AvgIpc) is 2.70. The minimum Gasteiger partial charge on any atom is -0.468 e. The van der Waals surface area contributed by atoms with Crippen molar-refractivity contribution < 1.29 is 9.21 Å². The third-order valence-electron chi connectivity index (χ3n) is 6.50. The number of fused-ring (bicyclic) bond motifs is 1. The summed E-state index contributed by atoms with van der Waals surface area (Å²) in [6.07, 6.45) is 4.88. The topological polar surface area (TPSA) is 30.2 Å². The normalized spacial score (nSPS) is 48.1. The SMILES string of the molecule is CC1(C)CCC2C3(c4ccco4)C(=O)CC1C23C. The molecule has 4 atom stereocenters. The van der Waals surface area contributed by atoms with E-state index in [4.69, 9.17) is 4.42 Å². The number of carbonyl (C=O) groups is 1. The van der Waals surface area contributed by atoms with Crippen molar-refractivity contribution >= 4 is 5.78 Å². The molecule has 0 aromatic carbocycles. The maximum atomic E-state index is 12.7. The molecule has 1 heterocycles. The predicted octanol–water partition coefficient (Wildman–Crippen LogP) is 3.56. The predicted molar refractivity (Wildman–Crippen MR) is 68.1 cm³/mol. The maximum Gasteiger partial charge on any atom is 0.147 e. The fourth-order valence-corrected chi connectivity index (χ4v) is 5.68. The van der Waals surface area contributed by atoms with Gasteiger partial charge in [0.2, 0.25) is 0 Å². The molecule has 0 bridgehead atoms. The molecule has 2 heteroatoms. The lowest BCUT2D eigenvalue weighted by atomic mass is 9.63. The Morgan fingerprint density at radius 1 is 1.28 bits per heavy atom. The van der Waals surface area contributed by atoms with Gasteiger partial charge in [0.05, 0.1) is 11.7 Å². The molecule has 2 nitrogen and oxygen atoms in total. The molecular formula is C16H20O2. The highest BCUT2D eigenvalue weighted by atomic mass is 16.3. The molecule has 0 N–H and O–H groups in total. The monoisotopic (exact) mass is 244 g/mol. The number of rotatable bonds is 1. The molecule has 96 valence electrons. The molecule has 1 aromatic heterocycles. The van der Waals surface area contributed by atoms with E-state index >= 15 is 0 Å². The second-order valence-electron chi connectivity index (χ2n) is 7.33. The van der Waals surface area contributed by atoms with Crippen molar-refractivity contribution in [2.24, 2.45) is 22.7 Å². The number of hydrogen-bond donors (Lipinski definition) is 0. The highest BCUT2D eigenvalue weighted by molar-refractivity contribution is 5.99. The standard InChI is InChI=1S/C16H20O2/c1-14(2)7-6-10-15(3)11(14)9-12(17)16(10,15)13-5-4-8-18-13/h4-5,8,10-11H,6-7,9H2,1-3H3. The Morgan fingerprint density at radius 2 is 2.06 bits per heavy atom. The maximum absolute atomic E-state index is 12.7. The van der Waals surface area contributed by atoms with Crippen LogP contribution in [0.3, 0.4) is 0 Å². The van der Waals surface area contributed by atoms with Crippen LogP contribution in [0.25, 0.3) is 0 Å². The van der Waals surface area contributed by atoms with Crippen molar-refractivity contribution in [2.75, 3.05) is 0 Å². The lowest BCUT2D eigenvalue weighted by Crippen LogP contribution is -2.34. The van der Waals surface area contributed by atoms with Crippen molar-refractivity contribution in [1.82, 2.24) is 0 Å². The summed E-state index contributed by atoms with van der Waals surface area (Å²) in [4.78, 5) is 12.7. The molecule has 1 aromatic rings. The van der Waals surface area contributed by atoms with E-state index in [0.29, 0.717) is 23.0 Å². The van der Waals surface area contributed by atoms with Gasteiger partial charge in [0, 0.05) is 6.42 Å². The Balaban J connectivity index is 1.91. The minimum absolute atomic E-state index is 0.156. The largest absolute Gasteiger partial charge is 0.468 e. The number of furan rings is 1. The molecule has 0 aliphatic heterocycles. The zero-order valence-corrected chi connectivity index (χ0v) is 11.3. The van der Waals surface area contributed by atoms with Crippen LogP contribution in [0.5, 0.6) is 0 Å². The van der Waals surface area contributed by atoms with Gasteiger partial charge in [-0.25, -0.2) is 0 Å². The zero-order valence-electron chi connectivity index (χ0n) is 11.3. The first kappa shape index (κ1) is 10.8. The van der Waals surface area contributed by atoms with Crippen molar-refractivity contribution in [3.63, 3.8) is 0 Å². The van der Waals surface area contributed by atoms with Gasteiger partial charge in [-0.1, -0.05) is 20.8 Å². The van der Waals surface area contributed by atoms with Gasteiger partial charge in [-0.05, 0) is 47.6 Å². The highest BCUT2D eigenvalue weighted by Crippen LogP contribution is 2.84. The summed E-state index contributed by atoms with van der Waals surface area (Å²) in [6.45, 7) is 7.00. The lowest BCUT2D eigenvalue weighted by molar-refractivity contribution is -0.122. The van der Waals surface area contributed by atoms with Crippen molar-refractivity contribution in [2.45, 2.75) is 45.4 Å². The van der Waals surface area contributed by atoms with E-state index in [1.165, 1.54) is 12.8 Å². The second kappa shape index (κ2) is 2.76. The summed E-state index contributed by atoms with van der Waals surface area (Å²) >= 11 is 0. The molecule has 3 saturated carbocycles. The third-order valence-corrected chi connectivity index (χ3v) is 6.50. The Bertz CT molecular complexity index is 527. The Morgan fingerprint density at radius 3 is 2.72 bits per heavy atom. The molecule has 18 heavy (non-hydrogen) atoms. The van der Waals surface area contributed by atoms with E-state index in [0.717, 1.165) is 12.2 Å². The molecule has 4 rings (SSSR count). The van der Waals surface area contributed by atoms with Gasteiger partial charge in [0.25, 0.3) is 0 Å². The van der Waals surface area contributed by atoms with Crippen molar-refractivity contribution in [1.29, 1.82) is 0 Å². The number of ketones is 1. The highest BCUT2D eigenvalue weighted by Gasteiger charge is 2.87. The Kier molecular flexibility index (Phi) is 1.66. The fraction of sp³-hybridized carbons (Fsp3) is 0.688. The second-order valence-corrected chi connectivity index (χ2v) is 7.33. The van der Waals surface area contributed by atoms with Gasteiger partial charge >= 0.3 is 0 Å². The van der Waals surface area contributed by atoms with Crippen molar-refractivity contribution in [3.8, 4) is 0 Å². The summed E-state index contributed by atoms with van der Waals surface area (Å²) in [5.74, 6) is 2.42. The summed E-state index contributed by atoms with van der Waals surface area (Å²) in [6, 6.07) is 3.93.